The van der Waals surface area contributed by atoms with Crippen molar-refractivity contribution in [2.75, 3.05) is 19.8 Å². The molecular formula is C27H48AcNO17-. The van der Waals surface area contributed by atoms with E-state index < -0.39 is 136 Å². The van der Waals surface area contributed by atoms with E-state index >= 15 is 0 Å². The summed E-state index contributed by atoms with van der Waals surface area (Å²) in [5, 5.41) is 103. The molecule has 0 bridgehead atoms. The van der Waals surface area contributed by atoms with Crippen LogP contribution in [0.25, 0.3) is 5.73 Å². The number of aliphatic hydroxyl groups is 10. The number of hydrogen-bond donors (Lipinski definition) is 10. The molecule has 0 amide bonds. The largest absolute Gasteiger partial charge is 0.670 e. The van der Waals surface area contributed by atoms with Gasteiger partial charge in [-0.1, -0.05) is 6.04 Å². The van der Waals surface area contributed by atoms with Gasteiger partial charge in [-0.25, -0.2) is 0 Å². The molecule has 20 atom stereocenters. The Kier molecular flexibility index (Phi) is 15.9. The van der Waals surface area contributed by atoms with Crippen LogP contribution in [-0.4, -0.2) is 193 Å². The molecule has 4 saturated heterocycles. The first-order valence-corrected chi connectivity index (χ1v) is 15.1. The van der Waals surface area contributed by atoms with Crippen LogP contribution < -0.4 is 0 Å². The number of hydrogen-bond acceptors (Lipinski definition) is 17. The second-order valence-corrected chi connectivity index (χ2v) is 12.2. The minimum Gasteiger partial charge on any atom is -0.670 e. The summed E-state index contributed by atoms with van der Waals surface area (Å²) in [6, 6.07) is -1.10. The van der Waals surface area contributed by atoms with Crippen molar-refractivity contribution in [1.82, 2.24) is 0 Å². The van der Waals surface area contributed by atoms with Crippen LogP contribution in [-0.2, 0) is 33.2 Å². The van der Waals surface area contributed by atoms with Gasteiger partial charge in [-0.15, -0.1) is 0 Å². The molecule has 0 aliphatic carbocycles. The number of aliphatic hydroxyl groups excluding tert-OH is 10. The van der Waals surface area contributed by atoms with Crippen LogP contribution in [0.2, 0.25) is 0 Å². The van der Waals surface area contributed by atoms with Gasteiger partial charge >= 0.3 is 0 Å². The van der Waals surface area contributed by atoms with Gasteiger partial charge in [0.2, 0.25) is 0 Å². The van der Waals surface area contributed by atoms with Crippen LogP contribution in [0.1, 0.15) is 27.2 Å². The van der Waals surface area contributed by atoms with Crippen LogP contribution in [0.4, 0.5) is 0 Å². The first kappa shape index (κ1) is 41.1. The first-order chi connectivity index (χ1) is 21.2. The molecule has 4 aliphatic heterocycles. The predicted octanol–water partition coefficient (Wildman–Crippen LogP) is -5.13. The van der Waals surface area contributed by atoms with Crippen molar-refractivity contribution >= 4 is 0 Å². The van der Waals surface area contributed by atoms with Crippen molar-refractivity contribution in [2.24, 2.45) is 0 Å². The van der Waals surface area contributed by atoms with Gasteiger partial charge in [0, 0.05) is 56.8 Å². The minimum absolute atomic E-state index is 0. The Hall–Kier alpha value is 0.722. The third-order valence-corrected chi connectivity index (χ3v) is 9.00. The molecule has 0 spiro atoms. The van der Waals surface area contributed by atoms with E-state index in [-0.39, 0.29) is 57.1 Å². The van der Waals surface area contributed by atoms with Gasteiger partial charge in [-0.3, -0.25) is 0 Å². The quantitative estimate of drug-likeness (QED) is 0.0982. The fourth-order valence-corrected chi connectivity index (χ4v) is 6.07. The van der Waals surface area contributed by atoms with Gasteiger partial charge in [-0.05, 0) is 27.2 Å². The third-order valence-electron chi connectivity index (χ3n) is 9.00. The van der Waals surface area contributed by atoms with Crippen LogP contribution in [0, 0.1) is 44.1 Å². The molecule has 1 radical (unpaired) electrons. The van der Waals surface area contributed by atoms with Gasteiger partial charge in [0.15, 0.2) is 12.6 Å². The summed E-state index contributed by atoms with van der Waals surface area (Å²) >= 11 is 0. The molecule has 13 unspecified atom stereocenters. The minimum atomic E-state index is -1.80. The van der Waals surface area contributed by atoms with Crippen molar-refractivity contribution in [3.8, 4) is 0 Å². The SMILES string of the molecule is CC1OC(CO)[C@H](O[C@@H]2OC(CO)[C@H](O)C(O)C2O[C@@H]2OC(C)[C@H](O)C(O)C2O)C(OCC[C@H]2OC(C)[C@@H](O)C(O)C2O)C1[NH-].[Ac]. The number of rotatable bonds is 10. The molecular weight excluding hydrogens is 837 g/mol. The van der Waals surface area contributed by atoms with E-state index in [0.717, 1.165) is 0 Å². The van der Waals surface area contributed by atoms with E-state index in [2.05, 4.69) is 0 Å². The molecule has 0 aromatic heterocycles. The monoisotopic (exact) mass is 885 g/mol. The Morgan fingerprint density at radius 1 is 0.522 bits per heavy atom. The fourth-order valence-electron chi connectivity index (χ4n) is 6.07. The summed E-state index contributed by atoms with van der Waals surface area (Å²) in [6.07, 6.45) is -25.7. The molecule has 0 aromatic carbocycles. The van der Waals surface area contributed by atoms with Crippen molar-refractivity contribution in [3.05, 3.63) is 5.73 Å². The summed E-state index contributed by atoms with van der Waals surface area (Å²) < 4.78 is 40.5. The molecule has 18 nitrogen and oxygen atoms in total. The van der Waals surface area contributed by atoms with Crippen molar-refractivity contribution in [3.63, 3.8) is 0 Å². The van der Waals surface area contributed by atoms with Gasteiger partial charge in [0.25, 0.3) is 0 Å². The van der Waals surface area contributed by atoms with Gasteiger partial charge < -0.3 is 90.0 Å². The van der Waals surface area contributed by atoms with Gasteiger partial charge in [-0.2, -0.15) is 0 Å². The standard InChI is InChI=1S/C27H48NO17.Ac/c1-8-14(28)24(39-5-4-11-17(33)19(35)15(31)9(2)41-11)23(13(7-30)40-8)44-27-25(21(37)18(34)12(6-29)43-27)45-26-22(38)20(36)16(32)10(3)42-26;/h8-38H,4-7H2,1-3H3;/q-1;/t8?,9?,10?,11-,12?,13?,14?,15-,16+,17?,18+,19?,20?,21?,22?,23+,24?,25?,26+,27+;/m1./s1. The number of nitrogens with one attached hydrogen (secondary N) is 1. The molecule has 267 valence electrons. The van der Waals surface area contributed by atoms with E-state index in [9.17, 15) is 51.1 Å². The zero-order chi connectivity index (χ0) is 33.3. The third kappa shape index (κ3) is 8.77. The van der Waals surface area contributed by atoms with E-state index in [1.807, 2.05) is 0 Å². The van der Waals surface area contributed by atoms with E-state index in [0.29, 0.717) is 0 Å². The van der Waals surface area contributed by atoms with Gasteiger partial charge in [0.1, 0.15) is 73.2 Å². The zero-order valence-electron chi connectivity index (χ0n) is 25.8. The van der Waals surface area contributed by atoms with E-state index in [1.54, 1.807) is 6.92 Å². The van der Waals surface area contributed by atoms with E-state index in [1.165, 1.54) is 13.8 Å². The Morgan fingerprint density at radius 2 is 1.04 bits per heavy atom. The molecule has 4 heterocycles. The Labute approximate surface area is 301 Å². The van der Waals surface area contributed by atoms with Crippen molar-refractivity contribution in [1.29, 1.82) is 0 Å². The maximum absolute atomic E-state index is 11.0. The van der Waals surface area contributed by atoms with Gasteiger partial charge in [0.05, 0.1) is 37.6 Å². The first-order valence-electron chi connectivity index (χ1n) is 15.1. The maximum Gasteiger partial charge on any atom is 0.187 e. The maximum atomic E-state index is 11.0. The van der Waals surface area contributed by atoms with Crippen LogP contribution in [0.15, 0.2) is 0 Å². The summed E-state index contributed by atoms with van der Waals surface area (Å²) in [5.74, 6) is 0. The average Bonchev–Trinajstić information content (AvgIpc) is 3.02. The molecule has 4 fully saturated rings. The Balaban J connectivity index is 0.00000576. The summed E-state index contributed by atoms with van der Waals surface area (Å²) in [7, 11) is 0. The fraction of sp³-hybridized carbons (Fsp3) is 1.00. The smallest absolute Gasteiger partial charge is 0.187 e. The molecule has 0 aromatic rings. The van der Waals surface area contributed by atoms with Crippen LogP contribution in [0.5, 0.6) is 0 Å². The van der Waals surface area contributed by atoms with Crippen LogP contribution >= 0.6 is 0 Å². The molecule has 11 N–H and O–H groups in total. The molecule has 0 saturated carbocycles. The number of ether oxygens (including phenoxy) is 7. The zero-order valence-corrected chi connectivity index (χ0v) is 30.5. The predicted molar refractivity (Wildman–Crippen MR) is 146 cm³/mol. The van der Waals surface area contributed by atoms with Crippen molar-refractivity contribution < 1.29 is 128 Å². The van der Waals surface area contributed by atoms with E-state index in [4.69, 9.17) is 38.9 Å². The molecule has 19 heteroatoms. The normalized spacial score (nSPS) is 51.8. The second-order valence-electron chi connectivity index (χ2n) is 12.2. The Morgan fingerprint density at radius 3 is 1.65 bits per heavy atom. The summed E-state index contributed by atoms with van der Waals surface area (Å²) in [4.78, 5) is 0. The van der Waals surface area contributed by atoms with Crippen LogP contribution in [0.3, 0.4) is 0 Å². The van der Waals surface area contributed by atoms with Crippen molar-refractivity contribution in [2.45, 2.75) is 150 Å². The molecule has 46 heavy (non-hydrogen) atoms. The Bertz CT molecular complexity index is 929. The molecule has 4 aliphatic rings. The average molecular weight is 886 g/mol. The second kappa shape index (κ2) is 17.8. The molecule has 4 rings (SSSR count). The summed E-state index contributed by atoms with van der Waals surface area (Å²) in [5.41, 5.74) is 8.72. The topological polar surface area (TPSA) is 291 Å². The summed E-state index contributed by atoms with van der Waals surface area (Å²) in [6.45, 7) is 3.06.